The van der Waals surface area contributed by atoms with Gasteiger partial charge in [-0.1, -0.05) is 27.7 Å². The fraction of sp³-hybridized carbons (Fsp3) is 0.500. The number of nitrogens with zero attached hydrogens (tertiary/aromatic N) is 4. The van der Waals surface area contributed by atoms with Crippen molar-refractivity contribution in [3.63, 3.8) is 0 Å². The molecule has 1 unspecified atom stereocenters. The molecule has 1 atom stereocenters. The van der Waals surface area contributed by atoms with Crippen LogP contribution in [0.5, 0.6) is 5.75 Å². The summed E-state index contributed by atoms with van der Waals surface area (Å²) < 4.78 is 15.6. The first-order valence-corrected chi connectivity index (χ1v) is 10.7. The van der Waals surface area contributed by atoms with Crippen LogP contribution in [-0.4, -0.2) is 42.4 Å². The molecule has 2 aromatic heterocycles. The van der Waals surface area contributed by atoms with Crippen LogP contribution in [0.15, 0.2) is 24.5 Å². The Hall–Kier alpha value is -2.94. The number of hydrogen-bond donors (Lipinski definition) is 4. The lowest BCUT2D eigenvalue weighted by atomic mass is 10.1. The van der Waals surface area contributed by atoms with Crippen molar-refractivity contribution in [2.45, 2.75) is 59.2 Å². The maximum absolute atomic E-state index is 13.6. The molecule has 0 fully saturated rings. The van der Waals surface area contributed by atoms with Gasteiger partial charge in [0.15, 0.2) is 17.0 Å². The van der Waals surface area contributed by atoms with Crippen molar-refractivity contribution < 1.29 is 14.6 Å². The van der Waals surface area contributed by atoms with E-state index in [1.54, 1.807) is 6.33 Å². The molecule has 3 aromatic rings. The minimum absolute atomic E-state index is 0.000241. The molecular formula is C22H31FN6O2. The number of hydrogen-bond acceptors (Lipinski definition) is 7. The summed E-state index contributed by atoms with van der Waals surface area (Å²) in [6.45, 7) is 8.37. The second-order valence-corrected chi connectivity index (χ2v) is 7.99. The van der Waals surface area contributed by atoms with E-state index in [0.29, 0.717) is 28.5 Å². The van der Waals surface area contributed by atoms with Crippen LogP contribution in [-0.2, 0) is 6.54 Å². The fourth-order valence-electron chi connectivity index (χ4n) is 3.52. The molecule has 168 valence electrons. The van der Waals surface area contributed by atoms with Crippen molar-refractivity contribution in [1.82, 2.24) is 19.5 Å². The Kier molecular flexibility index (Phi) is 7.27. The Balaban J connectivity index is 2.02. The number of halogens is 1. The number of phenolic OH excluding ortho intramolecular Hbond substituents is 1. The van der Waals surface area contributed by atoms with Crippen molar-refractivity contribution in [3.05, 3.63) is 35.9 Å². The molecule has 0 aliphatic rings. The van der Waals surface area contributed by atoms with E-state index < -0.39 is 5.82 Å². The van der Waals surface area contributed by atoms with Gasteiger partial charge in [0.05, 0.1) is 19.0 Å². The third kappa shape index (κ3) is 5.04. The first-order chi connectivity index (χ1) is 14.9. The molecular weight excluding hydrogens is 399 g/mol. The van der Waals surface area contributed by atoms with E-state index >= 15 is 0 Å². The Morgan fingerprint density at radius 2 is 1.90 bits per heavy atom. The molecule has 0 radical (unpaired) electrons. The summed E-state index contributed by atoms with van der Waals surface area (Å²) in [6.07, 6.45) is 3.62. The highest BCUT2D eigenvalue weighted by atomic mass is 19.1. The summed E-state index contributed by atoms with van der Waals surface area (Å²) in [4.78, 5) is 13.8. The van der Waals surface area contributed by atoms with E-state index in [0.717, 1.165) is 12.8 Å². The number of nitrogens with one attached hydrogen (secondary N) is 2. The maximum Gasteiger partial charge on any atom is 0.227 e. The van der Waals surface area contributed by atoms with E-state index in [4.69, 9.17) is 0 Å². The molecule has 0 saturated heterocycles. The van der Waals surface area contributed by atoms with Crippen LogP contribution in [0.4, 0.5) is 16.2 Å². The molecule has 0 amide bonds. The van der Waals surface area contributed by atoms with Crippen LogP contribution in [0.25, 0.3) is 11.2 Å². The predicted octanol–water partition coefficient (Wildman–Crippen LogP) is 4.07. The number of phenols is 1. The zero-order valence-corrected chi connectivity index (χ0v) is 18.4. The molecule has 8 nitrogen and oxygen atoms in total. The predicted molar refractivity (Wildman–Crippen MR) is 120 cm³/mol. The number of imidazole rings is 1. The van der Waals surface area contributed by atoms with Crippen molar-refractivity contribution in [1.29, 1.82) is 0 Å². The first-order valence-electron chi connectivity index (χ1n) is 10.7. The molecule has 2 heterocycles. The molecule has 0 aliphatic heterocycles. The standard InChI is InChI=1S/C22H31FN6O2/c1-5-16(6-2)29-12-25-19-20(24-10-14-9-15(23)7-8-18(14)31)27-22(28-21(19)29)26-17(11-30)13(3)4/h7-9,12-13,16-17,30-31H,5-6,10-11H2,1-4H3,(H2,24,26,27,28). The second kappa shape index (κ2) is 9.91. The highest BCUT2D eigenvalue weighted by Crippen LogP contribution is 2.28. The van der Waals surface area contributed by atoms with Gasteiger partial charge < -0.3 is 25.4 Å². The van der Waals surface area contributed by atoms with Gasteiger partial charge in [-0.3, -0.25) is 0 Å². The fourth-order valence-corrected chi connectivity index (χ4v) is 3.52. The van der Waals surface area contributed by atoms with Crippen LogP contribution in [0, 0.1) is 11.7 Å². The number of aliphatic hydroxyl groups is 1. The lowest BCUT2D eigenvalue weighted by molar-refractivity contribution is 0.248. The summed E-state index contributed by atoms with van der Waals surface area (Å²) in [7, 11) is 0. The average molecular weight is 431 g/mol. The largest absolute Gasteiger partial charge is 0.508 e. The minimum Gasteiger partial charge on any atom is -0.508 e. The lowest BCUT2D eigenvalue weighted by Crippen LogP contribution is -2.30. The number of rotatable bonds is 10. The van der Waals surface area contributed by atoms with Gasteiger partial charge in [-0.05, 0) is 37.0 Å². The van der Waals surface area contributed by atoms with Gasteiger partial charge in [0.1, 0.15) is 11.6 Å². The van der Waals surface area contributed by atoms with Gasteiger partial charge in [0.25, 0.3) is 0 Å². The molecule has 3 rings (SSSR count). The third-order valence-corrected chi connectivity index (χ3v) is 5.56. The SMILES string of the molecule is CCC(CC)n1cnc2c(NCc3cc(F)ccc3O)nc(NC(CO)C(C)C)nc21. The van der Waals surface area contributed by atoms with Crippen LogP contribution in [0.3, 0.4) is 0 Å². The van der Waals surface area contributed by atoms with Crippen LogP contribution in [0.2, 0.25) is 0 Å². The van der Waals surface area contributed by atoms with Crippen molar-refractivity contribution in [2.24, 2.45) is 5.92 Å². The Labute approximate surface area is 181 Å². The van der Waals surface area contributed by atoms with Gasteiger partial charge in [-0.25, -0.2) is 9.37 Å². The number of fused-ring (bicyclic) bond motifs is 1. The van der Waals surface area contributed by atoms with Crippen LogP contribution in [0.1, 0.15) is 52.1 Å². The normalized spacial score (nSPS) is 12.6. The van der Waals surface area contributed by atoms with E-state index in [-0.39, 0.29) is 36.9 Å². The lowest BCUT2D eigenvalue weighted by Gasteiger charge is -2.21. The molecule has 4 N–H and O–H groups in total. The van der Waals surface area contributed by atoms with Crippen molar-refractivity contribution >= 4 is 22.9 Å². The molecule has 0 bridgehead atoms. The topological polar surface area (TPSA) is 108 Å². The van der Waals surface area contributed by atoms with Gasteiger partial charge >= 0.3 is 0 Å². The third-order valence-electron chi connectivity index (χ3n) is 5.56. The van der Waals surface area contributed by atoms with Gasteiger partial charge in [-0.2, -0.15) is 9.97 Å². The van der Waals surface area contributed by atoms with Crippen LogP contribution >= 0.6 is 0 Å². The van der Waals surface area contributed by atoms with Gasteiger partial charge in [0, 0.05) is 18.2 Å². The Morgan fingerprint density at radius 1 is 1.16 bits per heavy atom. The number of aromatic nitrogens is 4. The van der Waals surface area contributed by atoms with Crippen LogP contribution < -0.4 is 10.6 Å². The average Bonchev–Trinajstić information content (AvgIpc) is 3.17. The highest BCUT2D eigenvalue weighted by Gasteiger charge is 2.20. The first kappa shape index (κ1) is 22.7. The van der Waals surface area contributed by atoms with E-state index in [2.05, 4.69) is 39.4 Å². The van der Waals surface area contributed by atoms with E-state index in [1.165, 1.54) is 18.2 Å². The van der Waals surface area contributed by atoms with Crippen molar-refractivity contribution in [3.8, 4) is 5.75 Å². The summed E-state index contributed by atoms with van der Waals surface area (Å²) in [6, 6.07) is 3.85. The monoisotopic (exact) mass is 430 g/mol. The molecule has 31 heavy (non-hydrogen) atoms. The Morgan fingerprint density at radius 3 is 2.55 bits per heavy atom. The second-order valence-electron chi connectivity index (χ2n) is 7.99. The van der Waals surface area contributed by atoms with Gasteiger partial charge in [-0.15, -0.1) is 0 Å². The summed E-state index contributed by atoms with van der Waals surface area (Å²) in [5.74, 6) is 0.597. The zero-order chi connectivity index (χ0) is 22.5. The summed E-state index contributed by atoms with van der Waals surface area (Å²) >= 11 is 0. The van der Waals surface area contributed by atoms with Crippen molar-refractivity contribution in [2.75, 3.05) is 17.2 Å². The molecule has 0 saturated carbocycles. The minimum atomic E-state index is -0.425. The van der Waals surface area contributed by atoms with E-state index in [1.807, 2.05) is 18.4 Å². The maximum atomic E-state index is 13.6. The summed E-state index contributed by atoms with van der Waals surface area (Å²) in [5.41, 5.74) is 1.69. The molecule has 0 aliphatic carbocycles. The smallest absolute Gasteiger partial charge is 0.227 e. The molecule has 0 spiro atoms. The zero-order valence-electron chi connectivity index (χ0n) is 18.4. The van der Waals surface area contributed by atoms with Gasteiger partial charge in [0.2, 0.25) is 5.95 Å². The number of benzene rings is 1. The highest BCUT2D eigenvalue weighted by molar-refractivity contribution is 5.84. The summed E-state index contributed by atoms with van der Waals surface area (Å²) in [5, 5.41) is 26.1. The molecule has 9 heteroatoms. The Bertz CT molecular complexity index is 1020. The number of anilines is 2. The number of aliphatic hydroxyl groups excluding tert-OH is 1. The molecule has 1 aromatic carbocycles. The quantitative estimate of drug-likeness (QED) is 0.384. The number of aromatic hydroxyl groups is 1. The van der Waals surface area contributed by atoms with E-state index in [9.17, 15) is 14.6 Å².